The summed E-state index contributed by atoms with van der Waals surface area (Å²) in [7, 11) is 0. The van der Waals surface area contributed by atoms with Gasteiger partial charge in [-0.15, -0.1) is 0 Å². The number of nitrogens with one attached hydrogen (secondary N) is 2. The van der Waals surface area contributed by atoms with Crippen molar-refractivity contribution in [3.8, 4) is 11.3 Å². The highest BCUT2D eigenvalue weighted by atomic mass is 16.5. The number of hydrogen-bond acceptors (Lipinski definition) is 5. The van der Waals surface area contributed by atoms with E-state index >= 15 is 0 Å². The van der Waals surface area contributed by atoms with Crippen LogP contribution in [-0.2, 0) is 0 Å². The van der Waals surface area contributed by atoms with Gasteiger partial charge in [-0.25, -0.2) is 9.78 Å². The first-order valence-corrected chi connectivity index (χ1v) is 11.9. The molecule has 0 aliphatic carbocycles. The number of likely N-dealkylation sites (tertiary alicyclic amines) is 1. The van der Waals surface area contributed by atoms with Crippen LogP contribution in [0.4, 0.5) is 16.2 Å². The van der Waals surface area contributed by atoms with Gasteiger partial charge in [0.1, 0.15) is 0 Å². The number of fused-ring (bicyclic) bond motifs is 1. The van der Waals surface area contributed by atoms with Crippen molar-refractivity contribution in [3.05, 3.63) is 71.9 Å². The molecule has 2 aromatic carbocycles. The molecule has 0 bridgehead atoms. The number of pyridine rings is 1. The minimum absolute atomic E-state index is 0.0840. The van der Waals surface area contributed by atoms with E-state index in [1.165, 1.54) is 12.8 Å². The number of hydrogen-bond donors (Lipinski definition) is 2. The summed E-state index contributed by atoms with van der Waals surface area (Å²) in [4.78, 5) is 32.3. The van der Waals surface area contributed by atoms with Crippen LogP contribution in [0.2, 0.25) is 0 Å². The van der Waals surface area contributed by atoms with Gasteiger partial charge in [-0.1, -0.05) is 48.3 Å². The van der Waals surface area contributed by atoms with Crippen LogP contribution in [0.25, 0.3) is 22.4 Å². The number of benzene rings is 2. The minimum Gasteiger partial charge on any atom is -0.335 e. The maximum Gasteiger partial charge on any atom is 0.321 e. The maximum atomic E-state index is 13.3. The third-order valence-electron chi connectivity index (χ3n) is 6.22. The second-order valence-electron chi connectivity index (χ2n) is 8.73. The summed E-state index contributed by atoms with van der Waals surface area (Å²) in [6, 6.07) is 18.4. The van der Waals surface area contributed by atoms with Crippen molar-refractivity contribution in [2.24, 2.45) is 0 Å². The van der Waals surface area contributed by atoms with Crippen LogP contribution in [0.1, 0.15) is 41.7 Å². The zero-order valence-electron chi connectivity index (χ0n) is 19.6. The van der Waals surface area contributed by atoms with Gasteiger partial charge < -0.3 is 20.1 Å². The Balaban J connectivity index is 1.33. The van der Waals surface area contributed by atoms with E-state index in [1.54, 1.807) is 37.3 Å². The predicted octanol–water partition coefficient (Wildman–Crippen LogP) is 5.86. The monoisotopic (exact) mass is 469 g/mol. The zero-order valence-corrected chi connectivity index (χ0v) is 19.6. The van der Waals surface area contributed by atoms with Crippen molar-refractivity contribution in [1.82, 2.24) is 15.0 Å². The van der Waals surface area contributed by atoms with Gasteiger partial charge in [-0.3, -0.25) is 4.79 Å². The van der Waals surface area contributed by atoms with Crippen LogP contribution < -0.4 is 10.6 Å². The predicted molar refractivity (Wildman–Crippen MR) is 135 cm³/mol. The highest BCUT2D eigenvalue weighted by Gasteiger charge is 2.20. The summed E-state index contributed by atoms with van der Waals surface area (Å²) in [6.07, 6.45) is 4.42. The molecule has 2 aromatic heterocycles. The van der Waals surface area contributed by atoms with Crippen LogP contribution in [0.5, 0.6) is 0 Å². The third-order valence-corrected chi connectivity index (χ3v) is 6.22. The average molecular weight is 470 g/mol. The van der Waals surface area contributed by atoms with Gasteiger partial charge in [-0.2, -0.15) is 0 Å². The Morgan fingerprint density at radius 3 is 2.23 bits per heavy atom. The summed E-state index contributed by atoms with van der Waals surface area (Å²) in [5.41, 5.74) is 4.16. The lowest BCUT2D eigenvalue weighted by molar-refractivity contribution is 0.102. The molecule has 5 rings (SSSR count). The average Bonchev–Trinajstić information content (AvgIpc) is 3.07. The molecule has 0 unspecified atom stereocenters. The first-order valence-electron chi connectivity index (χ1n) is 11.9. The molecule has 3 heterocycles. The van der Waals surface area contributed by atoms with E-state index in [0.717, 1.165) is 31.5 Å². The number of urea groups is 1. The van der Waals surface area contributed by atoms with Gasteiger partial charge in [0.15, 0.2) is 0 Å². The molecule has 8 nitrogen and oxygen atoms in total. The second kappa shape index (κ2) is 9.97. The Morgan fingerprint density at radius 2 is 1.54 bits per heavy atom. The molecule has 8 heteroatoms. The Kier molecular flexibility index (Phi) is 6.43. The molecule has 2 N–H and O–H groups in total. The number of aromatic nitrogens is 2. The lowest BCUT2D eigenvalue weighted by Crippen LogP contribution is -2.35. The van der Waals surface area contributed by atoms with Crippen molar-refractivity contribution < 1.29 is 14.1 Å². The van der Waals surface area contributed by atoms with Crippen LogP contribution in [0, 0.1) is 6.92 Å². The van der Waals surface area contributed by atoms with Crippen LogP contribution in [0.15, 0.2) is 65.2 Å². The standard InChI is InChI=1S/C27H27N5O3/c1-18-24-22(17-23(30-26(24)35-31-18)19-9-5-4-6-10-19)25(33)28-20-11-13-21(14-12-20)29-27(34)32-15-7-2-3-8-16-32/h4-6,9-14,17H,2-3,7-8,15-16H2,1H3,(H,28,33)(H,29,34). The summed E-state index contributed by atoms with van der Waals surface area (Å²) in [5, 5.41) is 10.5. The fraction of sp³-hybridized carbons (Fsp3) is 0.259. The van der Waals surface area contributed by atoms with Gasteiger partial charge in [0, 0.05) is 30.0 Å². The lowest BCUT2D eigenvalue weighted by atomic mass is 10.0. The Hall–Kier alpha value is -4.20. The van der Waals surface area contributed by atoms with E-state index in [2.05, 4.69) is 20.8 Å². The van der Waals surface area contributed by atoms with Crippen LogP contribution in [0.3, 0.4) is 0 Å². The summed E-state index contributed by atoms with van der Waals surface area (Å²) in [5.74, 6) is -0.290. The SMILES string of the molecule is Cc1noc2nc(-c3ccccc3)cc(C(=O)Nc3ccc(NC(=O)N4CCCCCC4)cc3)c12. The number of carbonyl (C=O) groups is 2. The number of amides is 3. The fourth-order valence-corrected chi connectivity index (χ4v) is 4.34. The molecule has 1 aliphatic heterocycles. The molecule has 0 spiro atoms. The summed E-state index contributed by atoms with van der Waals surface area (Å²) < 4.78 is 5.38. The van der Waals surface area contributed by atoms with E-state index in [-0.39, 0.29) is 11.9 Å². The van der Waals surface area contributed by atoms with Gasteiger partial charge in [0.2, 0.25) is 0 Å². The van der Waals surface area contributed by atoms with Crippen molar-refractivity contribution in [1.29, 1.82) is 0 Å². The van der Waals surface area contributed by atoms with E-state index in [9.17, 15) is 9.59 Å². The van der Waals surface area contributed by atoms with Crippen LogP contribution >= 0.6 is 0 Å². The molecule has 1 aliphatic rings. The highest BCUT2D eigenvalue weighted by molar-refractivity contribution is 6.13. The largest absolute Gasteiger partial charge is 0.335 e. The zero-order chi connectivity index (χ0) is 24.2. The molecule has 1 fully saturated rings. The maximum absolute atomic E-state index is 13.3. The number of anilines is 2. The smallest absolute Gasteiger partial charge is 0.321 e. The molecule has 1 saturated heterocycles. The molecule has 3 amide bonds. The van der Waals surface area contributed by atoms with E-state index in [0.29, 0.717) is 39.4 Å². The molecule has 0 atom stereocenters. The van der Waals surface area contributed by atoms with Crippen molar-refractivity contribution in [3.63, 3.8) is 0 Å². The lowest BCUT2D eigenvalue weighted by Gasteiger charge is -2.20. The summed E-state index contributed by atoms with van der Waals surface area (Å²) in [6.45, 7) is 3.36. The van der Waals surface area contributed by atoms with Crippen molar-refractivity contribution >= 4 is 34.4 Å². The van der Waals surface area contributed by atoms with Gasteiger partial charge in [0.25, 0.3) is 11.6 Å². The van der Waals surface area contributed by atoms with E-state index < -0.39 is 0 Å². The number of aryl methyl sites for hydroxylation is 1. The number of carbonyl (C=O) groups excluding carboxylic acids is 2. The topological polar surface area (TPSA) is 100 Å². The second-order valence-corrected chi connectivity index (χ2v) is 8.73. The van der Waals surface area contributed by atoms with E-state index in [1.807, 2.05) is 35.2 Å². The van der Waals surface area contributed by atoms with Crippen molar-refractivity contribution in [2.45, 2.75) is 32.6 Å². The quantitative estimate of drug-likeness (QED) is 0.390. The van der Waals surface area contributed by atoms with Gasteiger partial charge >= 0.3 is 6.03 Å². The molecule has 35 heavy (non-hydrogen) atoms. The summed E-state index contributed by atoms with van der Waals surface area (Å²) >= 11 is 0. The Bertz CT molecular complexity index is 1340. The van der Waals surface area contributed by atoms with Gasteiger partial charge in [-0.05, 0) is 50.1 Å². The molecular formula is C27H27N5O3. The Labute approximate surface area is 203 Å². The fourth-order valence-electron chi connectivity index (χ4n) is 4.34. The third kappa shape index (κ3) is 5.01. The number of nitrogens with zero attached hydrogens (tertiary/aromatic N) is 3. The Morgan fingerprint density at radius 1 is 0.886 bits per heavy atom. The van der Waals surface area contributed by atoms with E-state index in [4.69, 9.17) is 4.52 Å². The highest BCUT2D eigenvalue weighted by Crippen LogP contribution is 2.28. The van der Waals surface area contributed by atoms with Gasteiger partial charge in [0.05, 0.1) is 22.3 Å². The first-order chi connectivity index (χ1) is 17.1. The number of rotatable bonds is 4. The molecular weight excluding hydrogens is 442 g/mol. The van der Waals surface area contributed by atoms with Crippen LogP contribution in [-0.4, -0.2) is 40.1 Å². The van der Waals surface area contributed by atoms with Crippen molar-refractivity contribution in [2.75, 3.05) is 23.7 Å². The molecule has 178 valence electrons. The first kappa shape index (κ1) is 22.6. The normalized spacial score (nSPS) is 13.9. The molecule has 4 aromatic rings. The minimum atomic E-state index is -0.290. The molecule has 0 saturated carbocycles. The molecule has 0 radical (unpaired) electrons.